The van der Waals surface area contributed by atoms with Gasteiger partial charge in [0.2, 0.25) is 0 Å². The highest BCUT2D eigenvalue weighted by Crippen LogP contribution is 2.30. The molecule has 0 spiro atoms. The van der Waals surface area contributed by atoms with Gasteiger partial charge in [-0.05, 0) is 55.8 Å². The number of hydrogen-bond acceptors (Lipinski definition) is 5. The summed E-state index contributed by atoms with van der Waals surface area (Å²) in [5.74, 6) is 1.66. The van der Waals surface area contributed by atoms with Crippen molar-refractivity contribution in [1.82, 2.24) is 0 Å². The molecule has 0 radical (unpaired) electrons. The van der Waals surface area contributed by atoms with E-state index in [1.807, 2.05) is 31.2 Å². The van der Waals surface area contributed by atoms with Gasteiger partial charge in [0.05, 0.1) is 32.8 Å². The Kier molecular flexibility index (Phi) is 8.84. The molecule has 6 nitrogen and oxygen atoms in total. The highest BCUT2D eigenvalue weighted by molar-refractivity contribution is 6.06. The average molecular weight is 396 g/mol. The smallest absolute Gasteiger partial charge is 0.258 e. The number of ether oxygens (including phenoxy) is 3. The van der Waals surface area contributed by atoms with Crippen LogP contribution in [-0.4, -0.2) is 32.8 Å². The summed E-state index contributed by atoms with van der Waals surface area (Å²) in [5.41, 5.74) is 1.17. The largest absolute Gasteiger partial charge is 0.494 e. The molecule has 6 heteroatoms. The van der Waals surface area contributed by atoms with E-state index in [1.54, 1.807) is 30.2 Å². The minimum atomic E-state index is -0.206. The van der Waals surface area contributed by atoms with Crippen molar-refractivity contribution in [1.29, 1.82) is 5.26 Å². The molecular weight excluding hydrogens is 368 g/mol. The molecule has 0 saturated heterocycles. The molecule has 0 atom stereocenters. The van der Waals surface area contributed by atoms with Crippen molar-refractivity contribution in [2.75, 3.05) is 31.8 Å². The van der Waals surface area contributed by atoms with Crippen LogP contribution in [0.5, 0.6) is 17.2 Å². The van der Waals surface area contributed by atoms with Crippen LogP contribution in [0.4, 0.5) is 5.69 Å². The molecule has 2 rings (SSSR count). The third kappa shape index (κ3) is 6.15. The molecular formula is C23H28N2O4. The fourth-order valence-electron chi connectivity index (χ4n) is 2.80. The summed E-state index contributed by atoms with van der Waals surface area (Å²) < 4.78 is 16.6. The SMILES string of the molecule is CCCCOc1ccc(C(=O)N(CCC#N)c2ccc(OCC)cc2)cc1OC. The van der Waals surface area contributed by atoms with Crippen molar-refractivity contribution in [3.8, 4) is 23.3 Å². The Hall–Kier alpha value is -3.20. The van der Waals surface area contributed by atoms with E-state index in [0.29, 0.717) is 42.5 Å². The van der Waals surface area contributed by atoms with Gasteiger partial charge in [0.1, 0.15) is 5.75 Å². The molecule has 0 unspecified atom stereocenters. The van der Waals surface area contributed by atoms with Crippen LogP contribution in [0.2, 0.25) is 0 Å². The van der Waals surface area contributed by atoms with Gasteiger partial charge in [-0.3, -0.25) is 4.79 Å². The summed E-state index contributed by atoms with van der Waals surface area (Å²) >= 11 is 0. The van der Waals surface area contributed by atoms with Crippen LogP contribution in [0.25, 0.3) is 0 Å². The summed E-state index contributed by atoms with van der Waals surface area (Å²) in [6.45, 7) is 5.47. The number of carbonyl (C=O) groups is 1. The van der Waals surface area contributed by atoms with Crippen molar-refractivity contribution in [2.45, 2.75) is 33.1 Å². The topological polar surface area (TPSA) is 71.8 Å². The van der Waals surface area contributed by atoms with E-state index in [2.05, 4.69) is 13.0 Å². The van der Waals surface area contributed by atoms with Gasteiger partial charge in [0, 0.05) is 17.8 Å². The fourth-order valence-corrected chi connectivity index (χ4v) is 2.80. The van der Waals surface area contributed by atoms with Gasteiger partial charge in [-0.2, -0.15) is 5.26 Å². The fraction of sp³-hybridized carbons (Fsp3) is 0.391. The van der Waals surface area contributed by atoms with E-state index in [4.69, 9.17) is 19.5 Å². The van der Waals surface area contributed by atoms with Crippen LogP contribution in [-0.2, 0) is 0 Å². The molecule has 0 aliphatic carbocycles. The lowest BCUT2D eigenvalue weighted by molar-refractivity contribution is 0.0987. The second-order valence-electron chi connectivity index (χ2n) is 6.36. The van der Waals surface area contributed by atoms with Crippen LogP contribution in [0.15, 0.2) is 42.5 Å². The number of anilines is 1. The summed E-state index contributed by atoms with van der Waals surface area (Å²) in [6.07, 6.45) is 2.21. The first-order valence-corrected chi connectivity index (χ1v) is 9.87. The van der Waals surface area contributed by atoms with Gasteiger partial charge >= 0.3 is 0 Å². The van der Waals surface area contributed by atoms with Crippen LogP contribution in [0.1, 0.15) is 43.5 Å². The summed E-state index contributed by atoms with van der Waals surface area (Å²) in [7, 11) is 1.55. The molecule has 0 heterocycles. The van der Waals surface area contributed by atoms with Gasteiger partial charge in [-0.1, -0.05) is 13.3 Å². The third-order valence-electron chi connectivity index (χ3n) is 4.32. The number of methoxy groups -OCH3 is 1. The van der Waals surface area contributed by atoms with E-state index in [-0.39, 0.29) is 12.3 Å². The minimum absolute atomic E-state index is 0.206. The highest BCUT2D eigenvalue weighted by atomic mass is 16.5. The maximum Gasteiger partial charge on any atom is 0.258 e. The Morgan fingerprint density at radius 2 is 1.83 bits per heavy atom. The van der Waals surface area contributed by atoms with Gasteiger partial charge in [0.15, 0.2) is 11.5 Å². The van der Waals surface area contributed by atoms with Gasteiger partial charge in [0.25, 0.3) is 5.91 Å². The predicted octanol–water partition coefficient (Wildman–Crippen LogP) is 4.83. The van der Waals surface area contributed by atoms with Gasteiger partial charge < -0.3 is 19.1 Å². The number of nitrogens with zero attached hydrogens (tertiary/aromatic N) is 2. The Balaban J connectivity index is 2.27. The Bertz CT molecular complexity index is 828. The van der Waals surface area contributed by atoms with Crippen LogP contribution in [0, 0.1) is 11.3 Å². The Labute approximate surface area is 172 Å². The van der Waals surface area contributed by atoms with Crippen molar-refractivity contribution >= 4 is 11.6 Å². The lowest BCUT2D eigenvalue weighted by Gasteiger charge is -2.23. The average Bonchev–Trinajstić information content (AvgIpc) is 2.75. The Morgan fingerprint density at radius 1 is 1.07 bits per heavy atom. The normalized spacial score (nSPS) is 10.1. The maximum absolute atomic E-state index is 13.2. The summed E-state index contributed by atoms with van der Waals surface area (Å²) in [4.78, 5) is 14.8. The van der Waals surface area contributed by atoms with Gasteiger partial charge in [-0.15, -0.1) is 0 Å². The van der Waals surface area contributed by atoms with Crippen LogP contribution in [0.3, 0.4) is 0 Å². The van der Waals surface area contributed by atoms with E-state index in [0.717, 1.165) is 18.6 Å². The molecule has 0 aliphatic rings. The zero-order valence-corrected chi connectivity index (χ0v) is 17.3. The maximum atomic E-state index is 13.2. The minimum Gasteiger partial charge on any atom is -0.494 e. The Morgan fingerprint density at radius 3 is 2.45 bits per heavy atom. The van der Waals surface area contributed by atoms with E-state index in [1.165, 1.54) is 0 Å². The first-order chi connectivity index (χ1) is 14.1. The molecule has 1 amide bonds. The van der Waals surface area contributed by atoms with Crippen LogP contribution < -0.4 is 19.1 Å². The molecule has 2 aromatic rings. The van der Waals surface area contributed by atoms with E-state index < -0.39 is 0 Å². The zero-order chi connectivity index (χ0) is 21.1. The molecule has 0 bridgehead atoms. The lowest BCUT2D eigenvalue weighted by Crippen LogP contribution is -2.31. The van der Waals surface area contributed by atoms with Gasteiger partial charge in [-0.25, -0.2) is 0 Å². The summed E-state index contributed by atoms with van der Waals surface area (Å²) in [6, 6.07) is 14.5. The van der Waals surface area contributed by atoms with Crippen molar-refractivity contribution in [3.63, 3.8) is 0 Å². The second kappa shape index (κ2) is 11.6. The molecule has 2 aromatic carbocycles. The number of nitriles is 1. The van der Waals surface area contributed by atoms with E-state index in [9.17, 15) is 4.79 Å². The molecule has 0 aromatic heterocycles. The number of unbranched alkanes of at least 4 members (excludes halogenated alkanes) is 1. The molecule has 0 N–H and O–H groups in total. The number of hydrogen-bond donors (Lipinski definition) is 0. The molecule has 154 valence electrons. The van der Waals surface area contributed by atoms with Crippen molar-refractivity contribution in [3.05, 3.63) is 48.0 Å². The molecule has 0 saturated carbocycles. The highest BCUT2D eigenvalue weighted by Gasteiger charge is 2.19. The quantitative estimate of drug-likeness (QED) is 0.509. The number of carbonyl (C=O) groups excluding carboxylic acids is 1. The van der Waals surface area contributed by atoms with Crippen LogP contribution >= 0.6 is 0 Å². The van der Waals surface area contributed by atoms with E-state index >= 15 is 0 Å². The monoisotopic (exact) mass is 396 g/mol. The predicted molar refractivity (Wildman–Crippen MR) is 113 cm³/mol. The molecule has 0 fully saturated rings. The first-order valence-electron chi connectivity index (χ1n) is 9.87. The van der Waals surface area contributed by atoms with Crippen molar-refractivity contribution in [2.24, 2.45) is 0 Å². The lowest BCUT2D eigenvalue weighted by atomic mass is 10.1. The third-order valence-corrected chi connectivity index (χ3v) is 4.32. The number of amides is 1. The molecule has 0 aliphatic heterocycles. The first kappa shape index (κ1) is 22.1. The number of rotatable bonds is 11. The van der Waals surface area contributed by atoms with Crippen molar-refractivity contribution < 1.29 is 19.0 Å². The number of benzene rings is 2. The second-order valence-corrected chi connectivity index (χ2v) is 6.36. The summed E-state index contributed by atoms with van der Waals surface area (Å²) in [5, 5.41) is 9.01. The zero-order valence-electron chi connectivity index (χ0n) is 17.3. The molecule has 29 heavy (non-hydrogen) atoms. The standard InChI is InChI=1S/C23H28N2O4/c1-4-6-16-29-21-13-8-18(17-22(21)27-3)23(26)25(15-7-14-24)19-9-11-20(12-10-19)28-5-2/h8-13,17H,4-7,15-16H2,1-3H3.